The molecule has 3 aromatic rings. The van der Waals surface area contributed by atoms with E-state index in [1.54, 1.807) is 48.5 Å². The van der Waals surface area contributed by atoms with Gasteiger partial charge in [0.1, 0.15) is 17.6 Å². The smallest absolute Gasteiger partial charge is 0.407 e. The van der Waals surface area contributed by atoms with Crippen LogP contribution in [0.15, 0.2) is 83.8 Å². The third-order valence-electron chi connectivity index (χ3n) is 8.72. The Morgan fingerprint density at radius 3 is 2.34 bits per heavy atom. The highest BCUT2D eigenvalue weighted by Gasteiger charge is 2.44. The number of fused-ring (bicyclic) bond motifs is 1. The van der Waals surface area contributed by atoms with Gasteiger partial charge in [-0.3, -0.25) is 4.57 Å². The Balaban J connectivity index is 1.29. The molecule has 290 valence electrons. The number of alkyl carbamates (subject to hydrolysis) is 1. The van der Waals surface area contributed by atoms with Crippen molar-refractivity contribution in [3.8, 4) is 11.5 Å². The van der Waals surface area contributed by atoms with Gasteiger partial charge in [-0.15, -0.1) is 0 Å². The molecule has 3 aromatic carbocycles. The minimum absolute atomic E-state index is 0.0289. The van der Waals surface area contributed by atoms with Gasteiger partial charge in [0.25, 0.3) is 0 Å². The van der Waals surface area contributed by atoms with Gasteiger partial charge < -0.3 is 39.6 Å². The van der Waals surface area contributed by atoms with Gasteiger partial charge in [0.05, 0.1) is 36.2 Å². The molecule has 2 saturated heterocycles. The first-order valence-electron chi connectivity index (χ1n) is 17.8. The van der Waals surface area contributed by atoms with Crippen molar-refractivity contribution in [3.63, 3.8) is 0 Å². The highest BCUT2D eigenvalue weighted by molar-refractivity contribution is 7.89. The average Bonchev–Trinajstić information content (AvgIpc) is 3.73. The van der Waals surface area contributed by atoms with Crippen LogP contribution in [0.4, 0.5) is 10.5 Å². The van der Waals surface area contributed by atoms with Gasteiger partial charge in [-0.25, -0.2) is 18.3 Å². The van der Waals surface area contributed by atoms with Crippen molar-refractivity contribution in [1.29, 1.82) is 0 Å². The number of sulfonamides is 1. The van der Waals surface area contributed by atoms with E-state index in [-0.39, 0.29) is 61.0 Å². The largest absolute Gasteiger partial charge is 0.481 e. The number of aliphatic hydroxyl groups is 1. The van der Waals surface area contributed by atoms with Crippen molar-refractivity contribution >= 4 is 29.3 Å². The van der Waals surface area contributed by atoms with Crippen LogP contribution in [-0.2, 0) is 35.2 Å². The van der Waals surface area contributed by atoms with E-state index in [2.05, 4.69) is 10.4 Å². The first-order valence-corrected chi connectivity index (χ1v) is 21.0. The summed E-state index contributed by atoms with van der Waals surface area (Å²) in [5.41, 5.74) is 7.20. The van der Waals surface area contributed by atoms with Gasteiger partial charge >= 0.3 is 13.6 Å². The van der Waals surface area contributed by atoms with Crippen molar-refractivity contribution < 1.29 is 46.4 Å². The molecule has 16 heteroatoms. The van der Waals surface area contributed by atoms with E-state index in [9.17, 15) is 22.9 Å². The fraction of sp³-hybridized carbons (Fsp3) is 0.486. The lowest BCUT2D eigenvalue weighted by Crippen LogP contribution is -2.51. The van der Waals surface area contributed by atoms with Crippen LogP contribution < -0.4 is 25.4 Å². The van der Waals surface area contributed by atoms with Crippen molar-refractivity contribution in [2.24, 2.45) is 11.8 Å². The minimum Gasteiger partial charge on any atom is -0.481 e. The molecule has 0 radical (unpaired) electrons. The van der Waals surface area contributed by atoms with Crippen LogP contribution in [0.2, 0.25) is 0 Å². The molecule has 2 heterocycles. The number of hydrogen-bond acceptors (Lipinski definition) is 11. The van der Waals surface area contributed by atoms with Crippen LogP contribution in [0.25, 0.3) is 0 Å². The average molecular weight is 775 g/mol. The molecule has 2 fully saturated rings. The van der Waals surface area contributed by atoms with Crippen molar-refractivity contribution in [1.82, 2.24) is 14.7 Å². The molecule has 1 amide bonds. The maximum absolute atomic E-state index is 14.1. The number of rotatable bonds is 18. The molecular weight excluding hydrogens is 723 g/mol. The third-order valence-corrected chi connectivity index (χ3v) is 12.5. The zero-order valence-electron chi connectivity index (χ0n) is 30.5. The quantitative estimate of drug-likeness (QED) is 0.100. The second-order valence-corrected chi connectivity index (χ2v) is 18.0. The summed E-state index contributed by atoms with van der Waals surface area (Å²) in [4.78, 5) is 13.2. The minimum atomic E-state index is -4.14. The lowest BCUT2D eigenvalue weighted by molar-refractivity contribution is -0.0907. The molecule has 5 rings (SSSR count). The number of anilines is 1. The van der Waals surface area contributed by atoms with Gasteiger partial charge in [0.2, 0.25) is 10.0 Å². The summed E-state index contributed by atoms with van der Waals surface area (Å²) in [6.45, 7) is 7.93. The normalized spacial score (nSPS) is 20.9. The topological polar surface area (TPSA) is 188 Å². The number of aliphatic hydroxyl groups excluding tert-OH is 1. The van der Waals surface area contributed by atoms with Crippen molar-refractivity contribution in [3.05, 3.63) is 84.4 Å². The molecule has 0 aliphatic carbocycles. The SMILES string of the molecule is CC(C)CN(C[C@@H](O)[C@H](Cc1ccc(N)cc1)NC(=O)O[C@H]1CO[C@H]2OCC[C@H]21)S(=O)(=O)c1ccc(OCP(=O)(NC(C)C)Oc2ccccc2)cc1. The number of benzene rings is 3. The van der Waals surface area contributed by atoms with E-state index in [1.807, 2.05) is 33.8 Å². The van der Waals surface area contributed by atoms with Crippen LogP contribution in [0.5, 0.6) is 11.5 Å². The first-order chi connectivity index (χ1) is 25.2. The number of nitrogens with one attached hydrogen (secondary N) is 2. The maximum atomic E-state index is 14.1. The number of nitrogens with two attached hydrogens (primary N) is 1. The van der Waals surface area contributed by atoms with E-state index >= 15 is 0 Å². The molecule has 53 heavy (non-hydrogen) atoms. The van der Waals surface area contributed by atoms with E-state index < -0.39 is 48.2 Å². The van der Waals surface area contributed by atoms with E-state index in [0.717, 1.165) is 5.56 Å². The third kappa shape index (κ3) is 11.4. The fourth-order valence-corrected chi connectivity index (χ4v) is 9.60. The molecular formula is C37H51N4O10PS. The Morgan fingerprint density at radius 1 is 0.981 bits per heavy atom. The molecule has 0 saturated carbocycles. The predicted octanol–water partition coefficient (Wildman–Crippen LogP) is 4.98. The number of ether oxygens (including phenoxy) is 4. The monoisotopic (exact) mass is 774 g/mol. The van der Waals surface area contributed by atoms with Crippen molar-refractivity contribution in [2.75, 3.05) is 38.4 Å². The standard InChI is InChI=1S/C37H51N4O10PS/c1-25(2)21-41(53(45,46)31-16-14-29(15-17-31)49-24-52(44,40-26(3)4)51-30-8-6-5-7-9-30)22-34(42)33(20-27-10-12-28(38)13-11-27)39-37(43)50-35-23-48-36-32(35)18-19-47-36/h5-17,25-26,32-36,42H,18-24,38H2,1-4H3,(H,39,43)(H,40,44)/t32-,33-,34+,35-,36+,52?/m0/s1. The van der Waals surface area contributed by atoms with Crippen LogP contribution in [0, 0.1) is 11.8 Å². The van der Waals surface area contributed by atoms with E-state index in [0.29, 0.717) is 24.5 Å². The Kier molecular flexibility index (Phi) is 13.8. The van der Waals surface area contributed by atoms with Gasteiger partial charge in [-0.2, -0.15) is 4.31 Å². The summed E-state index contributed by atoms with van der Waals surface area (Å²) < 4.78 is 71.5. The summed E-state index contributed by atoms with van der Waals surface area (Å²) in [5, 5.41) is 17.4. The maximum Gasteiger partial charge on any atom is 0.407 e. The van der Waals surface area contributed by atoms with E-state index in [4.69, 9.17) is 29.2 Å². The number of carbonyl (C=O) groups excluding carboxylic acids is 1. The van der Waals surface area contributed by atoms with Gasteiger partial charge in [0, 0.05) is 24.8 Å². The van der Waals surface area contributed by atoms with Crippen LogP contribution >= 0.6 is 7.52 Å². The molecule has 2 aliphatic rings. The molecule has 0 spiro atoms. The zero-order valence-corrected chi connectivity index (χ0v) is 32.2. The van der Waals surface area contributed by atoms with Gasteiger partial charge in [-0.1, -0.05) is 44.2 Å². The molecule has 0 aromatic heterocycles. The molecule has 1 unspecified atom stereocenters. The number of hydrogen-bond donors (Lipinski definition) is 4. The highest BCUT2D eigenvalue weighted by atomic mass is 32.2. The van der Waals surface area contributed by atoms with Gasteiger partial charge in [-0.05, 0) is 86.7 Å². The number of para-hydroxylation sites is 1. The van der Waals surface area contributed by atoms with Crippen molar-refractivity contribution in [2.45, 2.75) is 76.0 Å². The fourth-order valence-electron chi connectivity index (χ4n) is 6.23. The number of amides is 1. The van der Waals surface area contributed by atoms with Crippen LogP contribution in [0.1, 0.15) is 39.7 Å². The van der Waals surface area contributed by atoms with E-state index in [1.165, 1.54) is 28.6 Å². The highest BCUT2D eigenvalue weighted by Crippen LogP contribution is 2.43. The summed E-state index contributed by atoms with van der Waals surface area (Å²) in [5.74, 6) is 0.541. The van der Waals surface area contributed by atoms with Crippen LogP contribution in [0.3, 0.4) is 0 Å². The second-order valence-electron chi connectivity index (χ2n) is 14.1. The lowest BCUT2D eigenvalue weighted by atomic mass is 10.0. The Morgan fingerprint density at radius 2 is 1.68 bits per heavy atom. The first kappa shape index (κ1) is 40.5. The van der Waals surface area contributed by atoms with Gasteiger partial charge in [0.15, 0.2) is 12.6 Å². The Hall–Kier alpha value is -3.69. The molecule has 5 N–H and O–H groups in total. The molecule has 14 nitrogen and oxygen atoms in total. The molecule has 6 atom stereocenters. The zero-order chi connectivity index (χ0) is 38.2. The number of carbonyl (C=O) groups is 1. The second kappa shape index (κ2) is 18.1. The Labute approximate surface area is 311 Å². The summed E-state index contributed by atoms with van der Waals surface area (Å²) in [6.07, 6.45) is -2.40. The lowest BCUT2D eigenvalue weighted by Gasteiger charge is -2.31. The summed E-state index contributed by atoms with van der Waals surface area (Å²) in [6, 6.07) is 20.4. The molecule has 2 aliphatic heterocycles. The number of nitrogens with zero attached hydrogens (tertiary/aromatic N) is 1. The van der Waals surface area contributed by atoms with Crippen LogP contribution in [-0.4, -0.2) is 87.2 Å². The Bertz CT molecular complexity index is 1780. The molecule has 0 bridgehead atoms. The number of nitrogen functional groups attached to an aromatic ring is 1. The predicted molar refractivity (Wildman–Crippen MR) is 200 cm³/mol. The summed E-state index contributed by atoms with van der Waals surface area (Å²) in [7, 11) is -7.64. The summed E-state index contributed by atoms with van der Waals surface area (Å²) >= 11 is 0.